The summed E-state index contributed by atoms with van der Waals surface area (Å²) in [7, 11) is 0. The third-order valence-corrected chi connectivity index (χ3v) is 2.78. The van der Waals surface area contributed by atoms with Gasteiger partial charge in [0.25, 0.3) is 0 Å². The van der Waals surface area contributed by atoms with Crippen molar-refractivity contribution >= 4 is 0 Å². The van der Waals surface area contributed by atoms with E-state index in [0.29, 0.717) is 18.1 Å². The van der Waals surface area contributed by atoms with Crippen LogP contribution in [0, 0.1) is 0 Å². The molecule has 5 heteroatoms. The normalized spacial score (nSPS) is 10.6. The van der Waals surface area contributed by atoms with E-state index in [1.54, 1.807) is 24.9 Å². The van der Waals surface area contributed by atoms with Gasteiger partial charge in [-0.3, -0.25) is 4.98 Å². The molecular formula is C14H12N4O. The van der Waals surface area contributed by atoms with Gasteiger partial charge in [-0.25, -0.2) is 9.97 Å². The second-order valence-corrected chi connectivity index (χ2v) is 3.98. The average molecular weight is 252 g/mol. The molecule has 5 nitrogen and oxygen atoms in total. The minimum atomic E-state index is 0.368. The van der Waals surface area contributed by atoms with Crippen LogP contribution in [0.25, 0.3) is 22.8 Å². The van der Waals surface area contributed by atoms with E-state index in [1.165, 1.54) is 0 Å². The van der Waals surface area contributed by atoms with Gasteiger partial charge in [0, 0.05) is 36.3 Å². The number of hydrogen-bond donors (Lipinski definition) is 1. The van der Waals surface area contributed by atoms with Crippen molar-refractivity contribution in [3.8, 4) is 22.8 Å². The van der Waals surface area contributed by atoms with Crippen molar-refractivity contribution in [2.24, 2.45) is 5.73 Å². The smallest absolute Gasteiger partial charge is 0.160 e. The Bertz CT molecular complexity index is 665. The van der Waals surface area contributed by atoms with Gasteiger partial charge < -0.3 is 10.2 Å². The molecule has 3 aromatic rings. The van der Waals surface area contributed by atoms with Crippen LogP contribution in [0.2, 0.25) is 0 Å². The molecule has 0 amide bonds. The molecule has 19 heavy (non-hydrogen) atoms. The monoisotopic (exact) mass is 252 g/mol. The highest BCUT2D eigenvalue weighted by atomic mass is 16.3. The summed E-state index contributed by atoms with van der Waals surface area (Å²) in [4.78, 5) is 12.9. The molecule has 94 valence electrons. The van der Waals surface area contributed by atoms with Crippen LogP contribution in [0.1, 0.15) is 5.56 Å². The van der Waals surface area contributed by atoms with Gasteiger partial charge in [0.05, 0.1) is 6.26 Å². The van der Waals surface area contributed by atoms with Crippen LogP contribution >= 0.6 is 0 Å². The Hall–Kier alpha value is -2.53. The van der Waals surface area contributed by atoms with Crippen molar-refractivity contribution < 1.29 is 4.42 Å². The zero-order valence-corrected chi connectivity index (χ0v) is 10.2. The topological polar surface area (TPSA) is 77.8 Å². The maximum Gasteiger partial charge on any atom is 0.160 e. The van der Waals surface area contributed by atoms with E-state index in [2.05, 4.69) is 15.0 Å². The zero-order valence-electron chi connectivity index (χ0n) is 10.2. The minimum Gasteiger partial charge on any atom is -0.463 e. The molecule has 0 radical (unpaired) electrons. The molecule has 3 rings (SSSR count). The van der Waals surface area contributed by atoms with Crippen LogP contribution in [-0.4, -0.2) is 15.0 Å². The lowest BCUT2D eigenvalue weighted by Gasteiger charge is -2.06. The molecule has 0 saturated heterocycles. The lowest BCUT2D eigenvalue weighted by atomic mass is 10.1. The summed E-state index contributed by atoms with van der Waals surface area (Å²) in [6, 6.07) is 7.41. The minimum absolute atomic E-state index is 0.368. The van der Waals surface area contributed by atoms with E-state index < -0.39 is 0 Å². The summed E-state index contributed by atoms with van der Waals surface area (Å²) in [6.07, 6.45) is 6.77. The molecule has 3 heterocycles. The molecular weight excluding hydrogens is 240 g/mol. The fraction of sp³-hybridized carbons (Fsp3) is 0.0714. The van der Waals surface area contributed by atoms with E-state index in [4.69, 9.17) is 10.2 Å². The van der Waals surface area contributed by atoms with Crippen molar-refractivity contribution in [3.63, 3.8) is 0 Å². The quantitative estimate of drug-likeness (QED) is 0.773. The Morgan fingerprint density at radius 3 is 2.68 bits per heavy atom. The number of aromatic nitrogens is 3. The first-order chi connectivity index (χ1) is 9.38. The number of hydrogen-bond acceptors (Lipinski definition) is 5. The van der Waals surface area contributed by atoms with Gasteiger partial charge in [0.15, 0.2) is 11.6 Å². The Labute approximate surface area is 110 Å². The molecule has 0 atom stereocenters. The van der Waals surface area contributed by atoms with Crippen LogP contribution in [-0.2, 0) is 6.54 Å². The number of furan rings is 1. The number of nitrogens with zero attached hydrogens (tertiary/aromatic N) is 3. The summed E-state index contributed by atoms with van der Waals surface area (Å²) in [6.45, 7) is 0.368. The molecule has 0 unspecified atom stereocenters. The van der Waals surface area contributed by atoms with Gasteiger partial charge >= 0.3 is 0 Å². The maximum absolute atomic E-state index is 5.71. The van der Waals surface area contributed by atoms with E-state index in [-0.39, 0.29) is 0 Å². The van der Waals surface area contributed by atoms with Gasteiger partial charge in [0.1, 0.15) is 5.69 Å². The Balaban J connectivity index is 2.13. The summed E-state index contributed by atoms with van der Waals surface area (Å²) in [5.41, 5.74) is 8.21. The Morgan fingerprint density at radius 2 is 2.00 bits per heavy atom. The molecule has 2 N–H and O–H groups in total. The largest absolute Gasteiger partial charge is 0.463 e. The standard InChI is InChI=1S/C14H12N4O/c15-8-11-9-17-14(10-3-5-16-6-4-10)18-13(11)12-2-1-7-19-12/h1-7,9H,8,15H2. The average Bonchev–Trinajstić information content (AvgIpc) is 3.01. The highest BCUT2D eigenvalue weighted by molar-refractivity contribution is 5.62. The summed E-state index contributed by atoms with van der Waals surface area (Å²) in [5.74, 6) is 1.32. The molecule has 0 bridgehead atoms. The van der Waals surface area contributed by atoms with E-state index in [1.807, 2.05) is 24.3 Å². The fourth-order valence-electron chi connectivity index (χ4n) is 1.82. The summed E-state index contributed by atoms with van der Waals surface area (Å²) >= 11 is 0. The molecule has 0 aliphatic rings. The van der Waals surface area contributed by atoms with E-state index in [9.17, 15) is 0 Å². The molecule has 0 aliphatic carbocycles. The lowest BCUT2D eigenvalue weighted by molar-refractivity contribution is 0.579. The highest BCUT2D eigenvalue weighted by Crippen LogP contribution is 2.24. The predicted octanol–water partition coefficient (Wildman–Crippen LogP) is 2.26. The maximum atomic E-state index is 5.71. The van der Waals surface area contributed by atoms with Crippen LogP contribution < -0.4 is 5.73 Å². The first-order valence-corrected chi connectivity index (χ1v) is 5.89. The number of pyridine rings is 1. The highest BCUT2D eigenvalue weighted by Gasteiger charge is 2.11. The molecule has 0 aliphatic heterocycles. The first-order valence-electron chi connectivity index (χ1n) is 5.89. The van der Waals surface area contributed by atoms with Gasteiger partial charge in [0.2, 0.25) is 0 Å². The lowest BCUT2D eigenvalue weighted by Crippen LogP contribution is -2.03. The van der Waals surface area contributed by atoms with Crippen molar-refractivity contribution in [3.05, 3.63) is 54.7 Å². The third-order valence-electron chi connectivity index (χ3n) is 2.78. The van der Waals surface area contributed by atoms with Gasteiger partial charge in [-0.1, -0.05) is 0 Å². The fourth-order valence-corrected chi connectivity index (χ4v) is 1.82. The van der Waals surface area contributed by atoms with Crippen LogP contribution in [0.15, 0.2) is 53.5 Å². The number of rotatable bonds is 3. The van der Waals surface area contributed by atoms with Crippen molar-refractivity contribution in [1.29, 1.82) is 0 Å². The summed E-state index contributed by atoms with van der Waals surface area (Å²) in [5, 5.41) is 0. The van der Waals surface area contributed by atoms with Crippen molar-refractivity contribution in [2.45, 2.75) is 6.54 Å². The second-order valence-electron chi connectivity index (χ2n) is 3.98. The SMILES string of the molecule is NCc1cnc(-c2ccncc2)nc1-c1ccco1. The second kappa shape index (κ2) is 4.99. The predicted molar refractivity (Wildman–Crippen MR) is 70.9 cm³/mol. The van der Waals surface area contributed by atoms with Crippen LogP contribution in [0.5, 0.6) is 0 Å². The van der Waals surface area contributed by atoms with Crippen LogP contribution in [0.4, 0.5) is 0 Å². The van der Waals surface area contributed by atoms with E-state index >= 15 is 0 Å². The molecule has 3 aromatic heterocycles. The molecule has 0 spiro atoms. The van der Waals surface area contributed by atoms with Crippen LogP contribution in [0.3, 0.4) is 0 Å². The van der Waals surface area contributed by atoms with Crippen molar-refractivity contribution in [2.75, 3.05) is 0 Å². The van der Waals surface area contributed by atoms with Gasteiger partial charge in [-0.05, 0) is 24.3 Å². The first kappa shape index (κ1) is 11.6. The molecule has 0 saturated carbocycles. The zero-order chi connectivity index (χ0) is 13.1. The molecule has 0 fully saturated rings. The Morgan fingerprint density at radius 1 is 1.16 bits per heavy atom. The van der Waals surface area contributed by atoms with Gasteiger partial charge in [-0.2, -0.15) is 0 Å². The van der Waals surface area contributed by atoms with Crippen molar-refractivity contribution in [1.82, 2.24) is 15.0 Å². The van der Waals surface area contributed by atoms with E-state index in [0.717, 1.165) is 16.8 Å². The summed E-state index contributed by atoms with van der Waals surface area (Å²) < 4.78 is 5.39. The van der Waals surface area contributed by atoms with Gasteiger partial charge in [-0.15, -0.1) is 0 Å². The Kier molecular flexibility index (Phi) is 3.04. The third kappa shape index (κ3) is 2.23. The molecule has 0 aromatic carbocycles. The number of nitrogens with two attached hydrogens (primary N) is 1.